The van der Waals surface area contributed by atoms with E-state index in [1.807, 2.05) is 6.92 Å². The molecule has 17 heavy (non-hydrogen) atoms. The predicted octanol–water partition coefficient (Wildman–Crippen LogP) is -0.524. The lowest BCUT2D eigenvalue weighted by molar-refractivity contribution is -0.124. The van der Waals surface area contributed by atoms with Crippen molar-refractivity contribution >= 4 is 5.91 Å². The van der Waals surface area contributed by atoms with Gasteiger partial charge in [0.25, 0.3) is 0 Å². The summed E-state index contributed by atoms with van der Waals surface area (Å²) in [6.07, 6.45) is 0.967. The van der Waals surface area contributed by atoms with Crippen LogP contribution in [0.1, 0.15) is 20.3 Å². The van der Waals surface area contributed by atoms with E-state index in [0.29, 0.717) is 19.1 Å². The molecule has 1 rings (SSSR count). The first-order valence-corrected chi connectivity index (χ1v) is 6.48. The largest absolute Gasteiger partial charge is 0.353 e. The third-order valence-corrected chi connectivity index (χ3v) is 3.45. The Morgan fingerprint density at radius 1 is 1.53 bits per heavy atom. The van der Waals surface area contributed by atoms with Crippen molar-refractivity contribution in [1.29, 1.82) is 0 Å². The quantitative estimate of drug-likeness (QED) is 0.681. The highest BCUT2D eigenvalue weighted by atomic mass is 16.2. The zero-order valence-electron chi connectivity index (χ0n) is 11.3. The highest BCUT2D eigenvalue weighted by Gasteiger charge is 2.25. The lowest BCUT2D eigenvalue weighted by Gasteiger charge is -2.39. The van der Waals surface area contributed by atoms with E-state index in [1.54, 1.807) is 0 Å². The predicted molar refractivity (Wildman–Crippen MR) is 69.8 cm³/mol. The summed E-state index contributed by atoms with van der Waals surface area (Å²) < 4.78 is 0. The number of carbonyl (C=O) groups is 1. The standard InChI is InChI=1S/C12H26N4O/c1-4-10(2)14-12(17)9-16-6-5-15(3)8-11(16)7-13/h10-11H,4-9,13H2,1-3H3,(H,14,17). The molecule has 2 atom stereocenters. The molecule has 0 aromatic heterocycles. The molecule has 1 saturated heterocycles. The summed E-state index contributed by atoms with van der Waals surface area (Å²) >= 11 is 0. The van der Waals surface area contributed by atoms with E-state index in [0.717, 1.165) is 26.1 Å². The summed E-state index contributed by atoms with van der Waals surface area (Å²) in [6.45, 7) is 8.07. The molecule has 100 valence electrons. The highest BCUT2D eigenvalue weighted by Crippen LogP contribution is 2.06. The topological polar surface area (TPSA) is 61.6 Å². The lowest BCUT2D eigenvalue weighted by atomic mass is 10.1. The maximum absolute atomic E-state index is 11.8. The SMILES string of the molecule is CCC(C)NC(=O)CN1CCN(C)CC1CN. The van der Waals surface area contributed by atoms with Crippen molar-refractivity contribution in [2.75, 3.05) is 39.8 Å². The first kappa shape index (κ1) is 14.4. The number of likely N-dealkylation sites (N-methyl/N-ethyl adjacent to an activating group) is 1. The second-order valence-corrected chi connectivity index (χ2v) is 5.00. The van der Waals surface area contributed by atoms with Crippen LogP contribution in [0.5, 0.6) is 0 Å². The second kappa shape index (κ2) is 6.93. The summed E-state index contributed by atoms with van der Waals surface area (Å²) in [4.78, 5) is 16.3. The molecule has 0 bridgehead atoms. The summed E-state index contributed by atoms with van der Waals surface area (Å²) in [5.74, 6) is 0.113. The van der Waals surface area contributed by atoms with Crippen LogP contribution < -0.4 is 11.1 Å². The fourth-order valence-electron chi connectivity index (χ4n) is 2.09. The minimum Gasteiger partial charge on any atom is -0.353 e. The van der Waals surface area contributed by atoms with Crippen LogP contribution in [0.25, 0.3) is 0 Å². The molecular formula is C12H26N4O. The molecule has 0 aromatic carbocycles. The van der Waals surface area contributed by atoms with Gasteiger partial charge in [0.05, 0.1) is 6.54 Å². The van der Waals surface area contributed by atoms with Crippen molar-refractivity contribution < 1.29 is 4.79 Å². The molecule has 1 heterocycles. The van der Waals surface area contributed by atoms with Crippen molar-refractivity contribution in [2.24, 2.45) is 5.73 Å². The number of nitrogens with two attached hydrogens (primary N) is 1. The van der Waals surface area contributed by atoms with Gasteiger partial charge in [0.15, 0.2) is 0 Å². The summed E-state index contributed by atoms with van der Waals surface area (Å²) in [6, 6.07) is 0.558. The number of amides is 1. The molecule has 1 aliphatic heterocycles. The fourth-order valence-corrected chi connectivity index (χ4v) is 2.09. The van der Waals surface area contributed by atoms with Crippen LogP contribution in [0.15, 0.2) is 0 Å². The number of hydrogen-bond donors (Lipinski definition) is 2. The molecule has 5 heteroatoms. The van der Waals surface area contributed by atoms with Crippen molar-refractivity contribution in [3.63, 3.8) is 0 Å². The van der Waals surface area contributed by atoms with E-state index in [-0.39, 0.29) is 11.9 Å². The number of hydrogen-bond acceptors (Lipinski definition) is 4. The van der Waals surface area contributed by atoms with Gasteiger partial charge in [0.1, 0.15) is 0 Å². The zero-order valence-corrected chi connectivity index (χ0v) is 11.3. The zero-order chi connectivity index (χ0) is 12.8. The van der Waals surface area contributed by atoms with Crippen LogP contribution in [-0.4, -0.2) is 67.6 Å². The first-order valence-electron chi connectivity index (χ1n) is 6.48. The van der Waals surface area contributed by atoms with Crippen molar-refractivity contribution in [3.8, 4) is 0 Å². The average Bonchev–Trinajstić information content (AvgIpc) is 2.31. The van der Waals surface area contributed by atoms with Crippen LogP contribution in [-0.2, 0) is 4.79 Å². The third kappa shape index (κ3) is 4.61. The van der Waals surface area contributed by atoms with Crippen molar-refractivity contribution in [3.05, 3.63) is 0 Å². The Morgan fingerprint density at radius 3 is 2.82 bits per heavy atom. The van der Waals surface area contributed by atoms with Gasteiger partial charge < -0.3 is 16.0 Å². The lowest BCUT2D eigenvalue weighted by Crippen LogP contribution is -2.57. The fraction of sp³-hybridized carbons (Fsp3) is 0.917. The smallest absolute Gasteiger partial charge is 0.234 e. The van der Waals surface area contributed by atoms with E-state index in [2.05, 4.69) is 29.1 Å². The van der Waals surface area contributed by atoms with Crippen LogP contribution in [0, 0.1) is 0 Å². The highest BCUT2D eigenvalue weighted by molar-refractivity contribution is 5.78. The molecular weight excluding hydrogens is 216 g/mol. The van der Waals surface area contributed by atoms with E-state index >= 15 is 0 Å². The molecule has 0 aliphatic carbocycles. The number of carbonyl (C=O) groups excluding carboxylic acids is 1. The minimum absolute atomic E-state index is 0.113. The van der Waals surface area contributed by atoms with Gasteiger partial charge in [-0.05, 0) is 20.4 Å². The Bertz CT molecular complexity index is 247. The van der Waals surface area contributed by atoms with Gasteiger partial charge in [-0.25, -0.2) is 0 Å². The molecule has 0 spiro atoms. The van der Waals surface area contributed by atoms with Crippen LogP contribution in [0.3, 0.4) is 0 Å². The molecule has 3 N–H and O–H groups in total. The Kier molecular flexibility index (Phi) is 5.88. The molecule has 1 amide bonds. The Morgan fingerprint density at radius 2 is 2.24 bits per heavy atom. The minimum atomic E-state index is 0.113. The Balaban J connectivity index is 2.41. The van der Waals surface area contributed by atoms with Crippen LogP contribution in [0.2, 0.25) is 0 Å². The van der Waals surface area contributed by atoms with Gasteiger partial charge in [-0.3, -0.25) is 9.69 Å². The van der Waals surface area contributed by atoms with Gasteiger partial charge in [0.2, 0.25) is 5.91 Å². The summed E-state index contributed by atoms with van der Waals surface area (Å²) in [7, 11) is 2.10. The van der Waals surface area contributed by atoms with Crippen molar-refractivity contribution in [1.82, 2.24) is 15.1 Å². The summed E-state index contributed by atoms with van der Waals surface area (Å²) in [5, 5.41) is 3.00. The monoisotopic (exact) mass is 242 g/mol. The van der Waals surface area contributed by atoms with Crippen LogP contribution in [0.4, 0.5) is 0 Å². The molecule has 1 aliphatic rings. The van der Waals surface area contributed by atoms with Crippen molar-refractivity contribution in [2.45, 2.75) is 32.4 Å². The molecule has 0 radical (unpaired) electrons. The maximum Gasteiger partial charge on any atom is 0.234 e. The Hall–Kier alpha value is -0.650. The van der Waals surface area contributed by atoms with E-state index in [9.17, 15) is 4.79 Å². The molecule has 0 aromatic rings. The normalized spacial score (nSPS) is 24.6. The van der Waals surface area contributed by atoms with Gasteiger partial charge in [-0.2, -0.15) is 0 Å². The molecule has 2 unspecified atom stereocenters. The second-order valence-electron chi connectivity index (χ2n) is 5.00. The number of nitrogens with one attached hydrogen (secondary N) is 1. The van der Waals surface area contributed by atoms with E-state index in [4.69, 9.17) is 5.73 Å². The van der Waals surface area contributed by atoms with Gasteiger partial charge >= 0.3 is 0 Å². The Labute approximate surface area is 104 Å². The van der Waals surface area contributed by atoms with E-state index < -0.39 is 0 Å². The number of rotatable bonds is 5. The van der Waals surface area contributed by atoms with E-state index in [1.165, 1.54) is 0 Å². The van der Waals surface area contributed by atoms with Crippen LogP contribution >= 0.6 is 0 Å². The molecule has 5 nitrogen and oxygen atoms in total. The van der Waals surface area contributed by atoms with Gasteiger partial charge in [0, 0.05) is 38.3 Å². The number of piperazine rings is 1. The first-order chi connectivity index (χ1) is 8.06. The summed E-state index contributed by atoms with van der Waals surface area (Å²) in [5.41, 5.74) is 5.76. The van der Waals surface area contributed by atoms with Gasteiger partial charge in [-0.1, -0.05) is 6.92 Å². The molecule has 1 fully saturated rings. The molecule has 0 saturated carbocycles. The average molecular weight is 242 g/mol. The van der Waals surface area contributed by atoms with Gasteiger partial charge in [-0.15, -0.1) is 0 Å². The number of nitrogens with zero attached hydrogens (tertiary/aromatic N) is 2. The third-order valence-electron chi connectivity index (χ3n) is 3.45. The maximum atomic E-state index is 11.8.